The van der Waals surface area contributed by atoms with Crippen molar-refractivity contribution in [3.8, 4) is 0 Å². The van der Waals surface area contributed by atoms with Crippen molar-refractivity contribution in [1.82, 2.24) is 4.72 Å². The first-order chi connectivity index (χ1) is 8.54. The number of nitrogens with one attached hydrogen (secondary N) is 1. The molecule has 0 saturated carbocycles. The zero-order valence-corrected chi connectivity index (χ0v) is 11.3. The Balaban J connectivity index is 2.22. The minimum Gasteiger partial charge on any atom is -0.472 e. The lowest BCUT2D eigenvalue weighted by molar-refractivity contribution is 0.282. The fraction of sp³-hybridized carbons (Fsp3) is 0.273. The van der Waals surface area contributed by atoms with E-state index in [4.69, 9.17) is 9.52 Å². The number of thiophene rings is 1. The molecule has 0 atom stereocenters. The van der Waals surface area contributed by atoms with Gasteiger partial charge in [0.25, 0.3) is 0 Å². The van der Waals surface area contributed by atoms with Crippen LogP contribution in [-0.2, 0) is 23.2 Å². The second-order valence-corrected chi connectivity index (χ2v) is 6.45. The average Bonchev–Trinajstić information content (AvgIpc) is 2.95. The molecule has 0 spiro atoms. The molecule has 0 aliphatic rings. The fourth-order valence-corrected chi connectivity index (χ4v) is 4.28. The van der Waals surface area contributed by atoms with Crippen molar-refractivity contribution < 1.29 is 17.9 Å². The molecule has 18 heavy (non-hydrogen) atoms. The molecular weight excluding hydrogens is 274 g/mol. The van der Waals surface area contributed by atoms with Crippen LogP contribution < -0.4 is 4.72 Å². The van der Waals surface area contributed by atoms with Crippen molar-refractivity contribution in [2.75, 3.05) is 0 Å². The van der Waals surface area contributed by atoms with Crippen LogP contribution in [0.4, 0.5) is 0 Å². The number of aliphatic hydroxyl groups excluding tert-OH is 1. The van der Waals surface area contributed by atoms with Gasteiger partial charge in [-0.25, -0.2) is 13.1 Å². The van der Waals surface area contributed by atoms with E-state index in [9.17, 15) is 8.42 Å². The third-order valence-corrected chi connectivity index (χ3v) is 5.30. The Bertz CT molecular complexity index is 614. The third-order valence-electron chi connectivity index (χ3n) is 2.45. The second kappa shape index (κ2) is 5.23. The quantitative estimate of drug-likeness (QED) is 0.876. The molecule has 7 heteroatoms. The summed E-state index contributed by atoms with van der Waals surface area (Å²) in [7, 11) is -3.61. The van der Waals surface area contributed by atoms with Crippen molar-refractivity contribution in [2.45, 2.75) is 25.0 Å². The standard InChI is InChI=1S/C11H13NO4S2/c1-8-7-17-10(5-13)11(8)18(14,15)12-4-9-2-3-16-6-9/h2-3,6-7,12-13H,4-5H2,1H3. The summed E-state index contributed by atoms with van der Waals surface area (Å²) in [5.41, 5.74) is 1.39. The van der Waals surface area contributed by atoms with Crippen LogP contribution in [-0.4, -0.2) is 13.5 Å². The average molecular weight is 287 g/mol. The molecule has 0 radical (unpaired) electrons. The van der Waals surface area contributed by atoms with Crippen molar-refractivity contribution in [3.63, 3.8) is 0 Å². The summed E-state index contributed by atoms with van der Waals surface area (Å²) in [6.45, 7) is 1.60. The van der Waals surface area contributed by atoms with Gasteiger partial charge in [-0.3, -0.25) is 0 Å². The van der Waals surface area contributed by atoms with Crippen LogP contribution in [0.2, 0.25) is 0 Å². The monoisotopic (exact) mass is 287 g/mol. The molecule has 0 aliphatic carbocycles. The Morgan fingerprint density at radius 1 is 1.50 bits per heavy atom. The number of hydrogen-bond acceptors (Lipinski definition) is 5. The van der Waals surface area contributed by atoms with Gasteiger partial charge in [-0.2, -0.15) is 0 Å². The van der Waals surface area contributed by atoms with Crippen molar-refractivity contribution in [1.29, 1.82) is 0 Å². The van der Waals surface area contributed by atoms with Gasteiger partial charge >= 0.3 is 0 Å². The molecule has 2 rings (SSSR count). The van der Waals surface area contributed by atoms with E-state index in [-0.39, 0.29) is 18.0 Å². The van der Waals surface area contributed by atoms with Crippen molar-refractivity contribution >= 4 is 21.4 Å². The normalized spacial score (nSPS) is 11.9. The molecule has 0 saturated heterocycles. The highest BCUT2D eigenvalue weighted by Gasteiger charge is 2.22. The van der Waals surface area contributed by atoms with E-state index in [0.717, 1.165) is 5.56 Å². The van der Waals surface area contributed by atoms with Gasteiger partial charge in [0.2, 0.25) is 10.0 Å². The highest BCUT2D eigenvalue weighted by atomic mass is 32.2. The molecule has 2 aromatic rings. The lowest BCUT2D eigenvalue weighted by atomic mass is 10.3. The summed E-state index contributed by atoms with van der Waals surface area (Å²) >= 11 is 1.24. The van der Waals surface area contributed by atoms with E-state index < -0.39 is 10.0 Å². The third kappa shape index (κ3) is 2.64. The second-order valence-electron chi connectivity index (χ2n) is 3.79. The largest absolute Gasteiger partial charge is 0.472 e. The van der Waals surface area contributed by atoms with Crippen molar-refractivity contribution in [3.05, 3.63) is 40.0 Å². The fourth-order valence-electron chi connectivity index (χ4n) is 1.60. The molecule has 2 heterocycles. The van der Waals surface area contributed by atoms with Gasteiger partial charge in [0, 0.05) is 12.1 Å². The summed E-state index contributed by atoms with van der Waals surface area (Å²) in [6, 6.07) is 1.69. The summed E-state index contributed by atoms with van der Waals surface area (Å²) in [6.07, 6.45) is 2.97. The first kappa shape index (κ1) is 13.3. The van der Waals surface area contributed by atoms with Crippen LogP contribution >= 0.6 is 11.3 Å². The SMILES string of the molecule is Cc1csc(CO)c1S(=O)(=O)NCc1ccoc1. The summed E-state index contributed by atoms with van der Waals surface area (Å²) < 4.78 is 31.6. The van der Waals surface area contributed by atoms with Crippen LogP contribution in [0.1, 0.15) is 16.0 Å². The van der Waals surface area contributed by atoms with Gasteiger partial charge in [0.1, 0.15) is 4.90 Å². The Morgan fingerprint density at radius 2 is 2.28 bits per heavy atom. The zero-order chi connectivity index (χ0) is 13.2. The Hall–Kier alpha value is -1.15. The predicted octanol–water partition coefficient (Wildman–Crippen LogP) is 1.62. The molecule has 0 unspecified atom stereocenters. The summed E-state index contributed by atoms with van der Waals surface area (Å²) in [4.78, 5) is 0.630. The molecular formula is C11H13NO4S2. The first-order valence-electron chi connectivity index (χ1n) is 5.23. The minimum absolute atomic E-state index is 0.166. The highest BCUT2D eigenvalue weighted by molar-refractivity contribution is 7.89. The van der Waals surface area contributed by atoms with E-state index in [1.165, 1.54) is 23.9 Å². The number of furan rings is 1. The highest BCUT2D eigenvalue weighted by Crippen LogP contribution is 2.26. The molecule has 0 amide bonds. The van der Waals surface area contributed by atoms with E-state index in [2.05, 4.69) is 4.72 Å². The molecule has 0 aromatic carbocycles. The maximum absolute atomic E-state index is 12.1. The molecule has 2 aromatic heterocycles. The van der Waals surface area contributed by atoms with E-state index in [1.54, 1.807) is 18.4 Å². The Morgan fingerprint density at radius 3 is 2.89 bits per heavy atom. The Kier molecular flexibility index (Phi) is 3.86. The van der Waals surface area contributed by atoms with Gasteiger partial charge in [-0.1, -0.05) is 0 Å². The summed E-state index contributed by atoms with van der Waals surface area (Å²) in [5, 5.41) is 10.9. The maximum Gasteiger partial charge on any atom is 0.242 e. The molecule has 0 aliphatic heterocycles. The van der Waals surface area contributed by atoms with Crippen LogP contribution in [0, 0.1) is 6.92 Å². The number of hydrogen-bond donors (Lipinski definition) is 2. The van der Waals surface area contributed by atoms with E-state index >= 15 is 0 Å². The van der Waals surface area contributed by atoms with E-state index in [1.807, 2.05) is 0 Å². The molecule has 98 valence electrons. The molecule has 2 N–H and O–H groups in total. The molecule has 0 fully saturated rings. The lowest BCUT2D eigenvalue weighted by Gasteiger charge is -2.07. The number of aliphatic hydroxyl groups is 1. The topological polar surface area (TPSA) is 79.5 Å². The van der Waals surface area contributed by atoms with Crippen LogP contribution in [0.25, 0.3) is 0 Å². The van der Waals surface area contributed by atoms with Crippen molar-refractivity contribution in [2.24, 2.45) is 0 Å². The first-order valence-corrected chi connectivity index (χ1v) is 7.59. The molecule has 0 bridgehead atoms. The van der Waals surface area contributed by atoms with Crippen LogP contribution in [0.15, 0.2) is 33.3 Å². The maximum atomic E-state index is 12.1. The number of sulfonamides is 1. The van der Waals surface area contributed by atoms with Gasteiger partial charge in [-0.05, 0) is 23.9 Å². The van der Waals surface area contributed by atoms with Gasteiger partial charge in [-0.15, -0.1) is 11.3 Å². The minimum atomic E-state index is -3.61. The lowest BCUT2D eigenvalue weighted by Crippen LogP contribution is -2.24. The number of rotatable bonds is 5. The number of aryl methyl sites for hydroxylation is 1. The van der Waals surface area contributed by atoms with Crippen LogP contribution in [0.5, 0.6) is 0 Å². The van der Waals surface area contributed by atoms with E-state index in [0.29, 0.717) is 10.4 Å². The molecule has 5 nitrogen and oxygen atoms in total. The van der Waals surface area contributed by atoms with Gasteiger partial charge in [0.05, 0.1) is 24.0 Å². The predicted molar refractivity (Wildman–Crippen MR) is 67.7 cm³/mol. The zero-order valence-electron chi connectivity index (χ0n) is 9.71. The van der Waals surface area contributed by atoms with Crippen LogP contribution in [0.3, 0.4) is 0 Å². The Labute approximate surface area is 109 Å². The van der Waals surface area contributed by atoms with Gasteiger partial charge < -0.3 is 9.52 Å². The van der Waals surface area contributed by atoms with Gasteiger partial charge in [0.15, 0.2) is 0 Å². The smallest absolute Gasteiger partial charge is 0.242 e. The summed E-state index contributed by atoms with van der Waals surface area (Å²) in [5.74, 6) is 0.